The minimum Gasteiger partial charge on any atom is -1.00 e. The molecule has 0 aliphatic rings. The first kappa shape index (κ1) is 29.6. The smallest absolute Gasteiger partial charge is 0.412 e. The summed E-state index contributed by atoms with van der Waals surface area (Å²) in [4.78, 5) is 30.1. The highest BCUT2D eigenvalue weighted by Gasteiger charge is 2.26. The van der Waals surface area contributed by atoms with Crippen molar-refractivity contribution in [3.8, 4) is 5.69 Å². The van der Waals surface area contributed by atoms with E-state index < -0.39 is 23.4 Å². The number of halogens is 1. The van der Waals surface area contributed by atoms with Crippen LogP contribution in [0.15, 0.2) is 54.6 Å². The standard InChI is InChI=1S/C30H34N4O4.ClH/c1-18-16-24-25(17-23(18)33-28(36)38-30(6,7)8)34(20-12-10-9-11-13-20)26-19(2)21(14-15-22(26)31-24)32-27(35)37-29(3,4)5;/h9-17H,1-8H3,(H,32,33,35,36);1H. The lowest BCUT2D eigenvalue weighted by atomic mass is 10.1. The molecule has 4 aromatic rings. The number of benzene rings is 3. The van der Waals surface area contributed by atoms with Gasteiger partial charge in [-0.2, -0.15) is 0 Å². The minimum atomic E-state index is -0.620. The zero-order chi connectivity index (χ0) is 27.8. The van der Waals surface area contributed by atoms with E-state index in [1.165, 1.54) is 0 Å². The molecule has 0 spiro atoms. The average molecular weight is 551 g/mol. The van der Waals surface area contributed by atoms with E-state index in [1.807, 2.05) is 110 Å². The molecule has 0 atom stereocenters. The van der Waals surface area contributed by atoms with E-state index in [0.29, 0.717) is 11.4 Å². The summed E-state index contributed by atoms with van der Waals surface area (Å²) in [5.41, 5.74) is 5.74. The lowest BCUT2D eigenvalue weighted by Crippen LogP contribution is -3.00. The van der Waals surface area contributed by atoms with Crippen molar-refractivity contribution in [1.29, 1.82) is 0 Å². The lowest BCUT2D eigenvalue weighted by Gasteiger charge is -2.20. The number of amides is 2. The second-order valence-corrected chi connectivity index (χ2v) is 11.3. The molecule has 8 nitrogen and oxygen atoms in total. The summed E-state index contributed by atoms with van der Waals surface area (Å²) in [5, 5.41) is 5.76. The Morgan fingerprint density at radius 3 is 1.90 bits per heavy atom. The van der Waals surface area contributed by atoms with Crippen LogP contribution < -0.4 is 27.6 Å². The van der Waals surface area contributed by atoms with Crippen LogP contribution in [0.5, 0.6) is 0 Å². The fraction of sp³-hybridized carbons (Fsp3) is 0.333. The maximum Gasteiger partial charge on any atom is 0.412 e. The molecular weight excluding hydrogens is 516 g/mol. The number of carbonyl (C=O) groups is 2. The average Bonchev–Trinajstić information content (AvgIpc) is 2.78. The van der Waals surface area contributed by atoms with Gasteiger partial charge < -0.3 is 21.9 Å². The van der Waals surface area contributed by atoms with Gasteiger partial charge in [0.1, 0.15) is 22.2 Å². The second kappa shape index (κ2) is 11.1. The van der Waals surface area contributed by atoms with Gasteiger partial charge in [0.15, 0.2) is 0 Å². The van der Waals surface area contributed by atoms with E-state index in [-0.39, 0.29) is 12.4 Å². The van der Waals surface area contributed by atoms with Gasteiger partial charge in [-0.3, -0.25) is 10.6 Å². The van der Waals surface area contributed by atoms with Gasteiger partial charge in [0.25, 0.3) is 0 Å². The van der Waals surface area contributed by atoms with Crippen molar-refractivity contribution < 1.29 is 36.0 Å². The van der Waals surface area contributed by atoms with Crippen LogP contribution in [0, 0.1) is 13.8 Å². The zero-order valence-corrected chi connectivity index (χ0v) is 24.4. The summed E-state index contributed by atoms with van der Waals surface area (Å²) in [6.45, 7) is 14.8. The molecular formula is C30H35ClN4O4. The molecule has 0 radical (unpaired) electrons. The Balaban J connectivity index is 0.00000420. The summed E-state index contributed by atoms with van der Waals surface area (Å²) in [5.74, 6) is 0. The summed E-state index contributed by atoms with van der Waals surface area (Å²) in [6.07, 6.45) is -1.06. The van der Waals surface area contributed by atoms with Gasteiger partial charge in [0.2, 0.25) is 16.7 Å². The number of ether oxygens (including phenoxy) is 2. The normalized spacial score (nSPS) is 11.6. The van der Waals surface area contributed by atoms with Crippen LogP contribution in [-0.4, -0.2) is 28.4 Å². The highest BCUT2D eigenvalue weighted by Crippen LogP contribution is 2.29. The first-order valence-corrected chi connectivity index (χ1v) is 12.6. The number of rotatable bonds is 3. The summed E-state index contributed by atoms with van der Waals surface area (Å²) in [6, 6.07) is 17.5. The predicted molar refractivity (Wildman–Crippen MR) is 150 cm³/mol. The fourth-order valence-electron chi connectivity index (χ4n) is 4.20. The number of aromatic nitrogens is 2. The molecule has 9 heteroatoms. The monoisotopic (exact) mass is 550 g/mol. The van der Waals surface area contributed by atoms with Crippen molar-refractivity contribution in [1.82, 2.24) is 4.98 Å². The lowest BCUT2D eigenvalue weighted by molar-refractivity contribution is -0.538. The molecule has 0 aliphatic heterocycles. The summed E-state index contributed by atoms with van der Waals surface area (Å²) >= 11 is 0. The van der Waals surface area contributed by atoms with Gasteiger partial charge >= 0.3 is 12.2 Å². The first-order chi connectivity index (χ1) is 17.7. The molecule has 2 amide bonds. The van der Waals surface area contributed by atoms with Crippen molar-refractivity contribution in [3.05, 3.63) is 65.7 Å². The van der Waals surface area contributed by atoms with Gasteiger partial charge in [0.05, 0.1) is 11.4 Å². The highest BCUT2D eigenvalue weighted by molar-refractivity contribution is 5.94. The van der Waals surface area contributed by atoms with Crippen LogP contribution in [0.1, 0.15) is 52.7 Å². The van der Waals surface area contributed by atoms with Crippen molar-refractivity contribution in [2.24, 2.45) is 0 Å². The van der Waals surface area contributed by atoms with Crippen LogP contribution in [0.2, 0.25) is 0 Å². The summed E-state index contributed by atoms with van der Waals surface area (Å²) in [7, 11) is 0. The summed E-state index contributed by atoms with van der Waals surface area (Å²) < 4.78 is 13.0. The number of nitrogens with zero attached hydrogens (tertiary/aromatic N) is 2. The Bertz CT molecular complexity index is 1540. The molecule has 3 aromatic carbocycles. The fourth-order valence-corrected chi connectivity index (χ4v) is 4.20. The third-order valence-corrected chi connectivity index (χ3v) is 5.72. The third kappa shape index (κ3) is 6.95. The van der Waals surface area contributed by atoms with Gasteiger partial charge in [-0.15, -0.1) is 4.57 Å². The molecule has 2 N–H and O–H groups in total. The van der Waals surface area contributed by atoms with E-state index >= 15 is 0 Å². The number of para-hydroxylation sites is 1. The van der Waals surface area contributed by atoms with E-state index in [0.717, 1.165) is 38.9 Å². The number of nitrogens with one attached hydrogen (secondary N) is 2. The molecule has 1 aromatic heterocycles. The Kier molecular flexibility index (Phi) is 8.41. The van der Waals surface area contributed by atoms with Gasteiger partial charge in [-0.25, -0.2) is 14.6 Å². The van der Waals surface area contributed by atoms with Crippen LogP contribution in [0.25, 0.3) is 27.8 Å². The van der Waals surface area contributed by atoms with Gasteiger partial charge in [0, 0.05) is 23.8 Å². The quantitative estimate of drug-likeness (QED) is 0.297. The number of aryl methyl sites for hydroxylation is 2. The molecule has 0 fully saturated rings. The van der Waals surface area contributed by atoms with E-state index in [9.17, 15) is 9.59 Å². The topological polar surface area (TPSA) is 93.4 Å². The molecule has 206 valence electrons. The van der Waals surface area contributed by atoms with Crippen LogP contribution in [0.4, 0.5) is 21.0 Å². The van der Waals surface area contributed by atoms with Crippen LogP contribution in [-0.2, 0) is 9.47 Å². The van der Waals surface area contributed by atoms with E-state index in [1.54, 1.807) is 0 Å². The SMILES string of the molecule is Cc1cc2nc3ccc(NC(=O)OC(C)(C)C)c(C)c3[n+](-c3ccccc3)c2cc1NC(=O)OC(C)(C)C.[Cl-]. The molecule has 4 rings (SSSR count). The molecule has 0 saturated carbocycles. The Labute approximate surface area is 235 Å². The number of hydrogen-bond donors (Lipinski definition) is 2. The first-order valence-electron chi connectivity index (χ1n) is 12.6. The maximum absolute atomic E-state index is 12.6. The van der Waals surface area contributed by atoms with E-state index in [2.05, 4.69) is 15.2 Å². The molecule has 0 bridgehead atoms. The predicted octanol–water partition coefficient (Wildman–Crippen LogP) is 3.98. The Morgan fingerprint density at radius 2 is 1.33 bits per heavy atom. The second-order valence-electron chi connectivity index (χ2n) is 11.3. The minimum absolute atomic E-state index is 0. The molecule has 0 aliphatic carbocycles. The largest absolute Gasteiger partial charge is 1.00 e. The van der Waals surface area contributed by atoms with Crippen molar-refractivity contribution in [2.45, 2.75) is 66.6 Å². The van der Waals surface area contributed by atoms with E-state index in [4.69, 9.17) is 14.5 Å². The van der Waals surface area contributed by atoms with Crippen LogP contribution in [0.3, 0.4) is 0 Å². The van der Waals surface area contributed by atoms with Crippen molar-refractivity contribution >= 4 is 45.6 Å². The molecule has 39 heavy (non-hydrogen) atoms. The third-order valence-electron chi connectivity index (χ3n) is 5.72. The molecule has 0 saturated heterocycles. The number of carbonyl (C=O) groups excluding carboxylic acids is 2. The zero-order valence-electron chi connectivity index (χ0n) is 23.6. The number of hydrogen-bond acceptors (Lipinski definition) is 5. The van der Waals surface area contributed by atoms with Crippen molar-refractivity contribution in [3.63, 3.8) is 0 Å². The Hall–Kier alpha value is -3.91. The Morgan fingerprint density at radius 1 is 0.769 bits per heavy atom. The molecule has 1 heterocycles. The highest BCUT2D eigenvalue weighted by atomic mass is 35.5. The van der Waals surface area contributed by atoms with Crippen LogP contribution >= 0.6 is 0 Å². The molecule has 0 unspecified atom stereocenters. The maximum atomic E-state index is 12.6. The van der Waals surface area contributed by atoms with Gasteiger partial charge in [-0.05, 0) is 79.2 Å². The van der Waals surface area contributed by atoms with Crippen molar-refractivity contribution in [2.75, 3.05) is 10.6 Å². The number of anilines is 2. The number of fused-ring (bicyclic) bond motifs is 2. The van der Waals surface area contributed by atoms with Gasteiger partial charge in [-0.1, -0.05) is 18.2 Å².